The maximum absolute atomic E-state index is 9.07. The fraction of sp³-hybridized carbons (Fsp3) is 0.308. The molecule has 0 fully saturated rings. The van der Waals surface area contributed by atoms with E-state index in [1.54, 1.807) is 11.3 Å². The van der Waals surface area contributed by atoms with Crippen molar-refractivity contribution < 1.29 is 5.11 Å². The highest BCUT2D eigenvalue weighted by Gasteiger charge is 2.15. The van der Waals surface area contributed by atoms with Crippen LogP contribution in [0.15, 0.2) is 23.6 Å². The number of hydrogen-bond acceptors (Lipinski definition) is 4. The van der Waals surface area contributed by atoms with Crippen molar-refractivity contribution in [3.05, 3.63) is 40.4 Å². The van der Waals surface area contributed by atoms with Gasteiger partial charge in [0.15, 0.2) is 0 Å². The molecule has 2 heterocycles. The van der Waals surface area contributed by atoms with Crippen LogP contribution in [-0.2, 0) is 19.6 Å². The van der Waals surface area contributed by atoms with E-state index in [9.17, 15) is 0 Å². The average Bonchev–Trinajstić information content (AvgIpc) is 2.87. The lowest BCUT2D eigenvalue weighted by Crippen LogP contribution is -2.23. The van der Waals surface area contributed by atoms with Gasteiger partial charge in [-0.25, -0.2) is 4.98 Å². The summed E-state index contributed by atoms with van der Waals surface area (Å²) in [5.74, 6) is 0. The van der Waals surface area contributed by atoms with Gasteiger partial charge >= 0.3 is 0 Å². The molecule has 0 atom stereocenters. The summed E-state index contributed by atoms with van der Waals surface area (Å²) in [5.41, 5.74) is 4.77. The monoisotopic (exact) mass is 246 g/mol. The van der Waals surface area contributed by atoms with E-state index < -0.39 is 0 Å². The quantitative estimate of drug-likeness (QED) is 0.851. The lowest BCUT2D eigenvalue weighted by Gasteiger charge is -2.19. The van der Waals surface area contributed by atoms with Crippen molar-refractivity contribution in [2.24, 2.45) is 0 Å². The Morgan fingerprint density at radius 1 is 1.41 bits per heavy atom. The average molecular weight is 246 g/mol. The van der Waals surface area contributed by atoms with Crippen LogP contribution in [0.5, 0.6) is 0 Å². The molecule has 0 unspecified atom stereocenters. The molecular formula is C13H14N2OS. The zero-order valence-electron chi connectivity index (χ0n) is 9.44. The summed E-state index contributed by atoms with van der Waals surface area (Å²) < 4.78 is 0. The van der Waals surface area contributed by atoms with E-state index in [0.717, 1.165) is 30.2 Å². The highest BCUT2D eigenvalue weighted by Crippen LogP contribution is 2.30. The molecule has 0 radical (unpaired) electrons. The van der Waals surface area contributed by atoms with Crippen molar-refractivity contribution in [1.82, 2.24) is 10.3 Å². The second-order valence-electron chi connectivity index (χ2n) is 4.17. The van der Waals surface area contributed by atoms with Crippen LogP contribution in [0.2, 0.25) is 0 Å². The van der Waals surface area contributed by atoms with Crippen LogP contribution in [0.3, 0.4) is 0 Å². The van der Waals surface area contributed by atoms with Gasteiger partial charge in [0, 0.05) is 17.5 Å². The molecule has 88 valence electrons. The number of fused-ring (bicyclic) bond motifs is 1. The lowest BCUT2D eigenvalue weighted by atomic mass is 9.96. The number of nitrogens with zero attached hydrogens (tertiary/aromatic N) is 1. The fourth-order valence-corrected chi connectivity index (χ4v) is 3.10. The van der Waals surface area contributed by atoms with Crippen molar-refractivity contribution in [2.75, 3.05) is 6.54 Å². The molecule has 0 spiro atoms. The van der Waals surface area contributed by atoms with E-state index in [4.69, 9.17) is 5.11 Å². The summed E-state index contributed by atoms with van der Waals surface area (Å²) in [5, 5.41) is 15.4. The molecule has 0 amide bonds. The van der Waals surface area contributed by atoms with Crippen LogP contribution in [0.4, 0.5) is 0 Å². The van der Waals surface area contributed by atoms with Gasteiger partial charge in [0.2, 0.25) is 0 Å². The van der Waals surface area contributed by atoms with Gasteiger partial charge < -0.3 is 10.4 Å². The number of hydrogen-bond donors (Lipinski definition) is 2. The Bertz CT molecular complexity index is 536. The first-order valence-electron chi connectivity index (χ1n) is 5.75. The molecule has 3 rings (SSSR count). The summed E-state index contributed by atoms with van der Waals surface area (Å²) in [6.07, 6.45) is 1.06. The molecule has 3 nitrogen and oxygen atoms in total. The summed E-state index contributed by atoms with van der Waals surface area (Å²) in [7, 11) is 0. The largest absolute Gasteiger partial charge is 0.390 e. The van der Waals surface area contributed by atoms with Crippen LogP contribution in [0.1, 0.15) is 16.8 Å². The highest BCUT2D eigenvalue weighted by atomic mass is 32.1. The van der Waals surface area contributed by atoms with Crippen LogP contribution in [0.25, 0.3) is 10.6 Å². The third-order valence-electron chi connectivity index (χ3n) is 3.08. The molecule has 0 bridgehead atoms. The molecule has 2 N–H and O–H groups in total. The Kier molecular flexibility index (Phi) is 2.93. The van der Waals surface area contributed by atoms with Gasteiger partial charge in [-0.1, -0.05) is 18.2 Å². The molecule has 0 saturated heterocycles. The number of aliphatic hydroxyl groups is 1. The predicted molar refractivity (Wildman–Crippen MR) is 68.9 cm³/mol. The van der Waals surface area contributed by atoms with Crippen molar-refractivity contribution >= 4 is 11.3 Å². The maximum Gasteiger partial charge on any atom is 0.123 e. The van der Waals surface area contributed by atoms with Crippen molar-refractivity contribution in [2.45, 2.75) is 19.6 Å². The van der Waals surface area contributed by atoms with Crippen LogP contribution in [-0.4, -0.2) is 16.6 Å². The third kappa shape index (κ3) is 1.99. The van der Waals surface area contributed by atoms with Gasteiger partial charge in [-0.2, -0.15) is 0 Å². The number of aromatic nitrogens is 1. The van der Waals surface area contributed by atoms with Gasteiger partial charge in [0.1, 0.15) is 5.01 Å². The minimum atomic E-state index is 0.0209. The van der Waals surface area contributed by atoms with Crippen molar-refractivity contribution in [1.29, 1.82) is 0 Å². The number of aliphatic hydroxyl groups excluding tert-OH is 1. The zero-order valence-corrected chi connectivity index (χ0v) is 10.3. The molecule has 4 heteroatoms. The summed E-state index contributed by atoms with van der Waals surface area (Å²) in [4.78, 5) is 4.46. The van der Waals surface area contributed by atoms with Gasteiger partial charge in [-0.3, -0.25) is 0 Å². The number of rotatable bonds is 2. The fourth-order valence-electron chi connectivity index (χ4n) is 2.24. The minimum absolute atomic E-state index is 0.0209. The normalized spacial score (nSPS) is 14.6. The van der Waals surface area contributed by atoms with E-state index in [2.05, 4.69) is 28.5 Å². The SMILES string of the molecule is OCc1csc(-c2cccc3c2CCNC3)n1. The summed E-state index contributed by atoms with van der Waals surface area (Å²) >= 11 is 1.61. The van der Waals surface area contributed by atoms with Crippen LogP contribution in [0, 0.1) is 0 Å². The predicted octanol–water partition coefficient (Wildman–Crippen LogP) is 1.95. The molecule has 1 aromatic heterocycles. The Morgan fingerprint density at radius 2 is 2.35 bits per heavy atom. The minimum Gasteiger partial charge on any atom is -0.390 e. The second kappa shape index (κ2) is 4.56. The number of thiazole rings is 1. The Balaban J connectivity index is 2.07. The Morgan fingerprint density at radius 3 is 3.18 bits per heavy atom. The molecule has 1 aromatic carbocycles. The zero-order chi connectivity index (χ0) is 11.7. The Labute approximate surface area is 104 Å². The lowest BCUT2D eigenvalue weighted by molar-refractivity contribution is 0.278. The molecule has 0 aliphatic carbocycles. The molecule has 0 saturated carbocycles. The molecular weight excluding hydrogens is 232 g/mol. The molecule has 1 aliphatic heterocycles. The van der Waals surface area contributed by atoms with E-state index in [1.807, 2.05) is 5.38 Å². The second-order valence-corrected chi connectivity index (χ2v) is 5.03. The first kappa shape index (κ1) is 10.9. The summed E-state index contributed by atoms with van der Waals surface area (Å²) in [6, 6.07) is 6.39. The summed E-state index contributed by atoms with van der Waals surface area (Å²) in [6.45, 7) is 2.00. The number of nitrogens with one attached hydrogen (secondary N) is 1. The molecule has 2 aromatic rings. The smallest absolute Gasteiger partial charge is 0.123 e. The van der Waals surface area contributed by atoms with Gasteiger partial charge in [-0.05, 0) is 24.1 Å². The highest BCUT2D eigenvalue weighted by molar-refractivity contribution is 7.13. The molecule has 17 heavy (non-hydrogen) atoms. The molecule has 1 aliphatic rings. The van der Waals surface area contributed by atoms with Crippen LogP contribution < -0.4 is 5.32 Å². The van der Waals surface area contributed by atoms with E-state index >= 15 is 0 Å². The van der Waals surface area contributed by atoms with Gasteiger partial charge in [0.25, 0.3) is 0 Å². The number of benzene rings is 1. The van der Waals surface area contributed by atoms with E-state index in [1.165, 1.54) is 16.7 Å². The topological polar surface area (TPSA) is 45.1 Å². The van der Waals surface area contributed by atoms with E-state index in [0.29, 0.717) is 0 Å². The first-order chi connectivity index (χ1) is 8.38. The van der Waals surface area contributed by atoms with Gasteiger partial charge in [-0.15, -0.1) is 11.3 Å². The van der Waals surface area contributed by atoms with Crippen LogP contribution >= 0.6 is 11.3 Å². The van der Waals surface area contributed by atoms with Gasteiger partial charge in [0.05, 0.1) is 12.3 Å². The maximum atomic E-state index is 9.07. The van der Waals surface area contributed by atoms with Crippen molar-refractivity contribution in [3.8, 4) is 10.6 Å². The third-order valence-corrected chi connectivity index (χ3v) is 4.01. The first-order valence-corrected chi connectivity index (χ1v) is 6.63. The van der Waals surface area contributed by atoms with E-state index in [-0.39, 0.29) is 6.61 Å². The standard InChI is InChI=1S/C13H14N2OS/c16-7-10-8-17-13(15-10)12-3-1-2-9-6-14-5-4-11(9)12/h1-3,8,14,16H,4-7H2. The van der Waals surface area contributed by atoms with Crippen molar-refractivity contribution in [3.63, 3.8) is 0 Å². The Hall–Kier alpha value is -1.23.